The molecular formula is C19H25N5O2. The summed E-state index contributed by atoms with van der Waals surface area (Å²) in [6, 6.07) is 8.40. The van der Waals surface area contributed by atoms with Crippen LogP contribution in [0.3, 0.4) is 0 Å². The van der Waals surface area contributed by atoms with E-state index in [1.165, 1.54) is 5.56 Å². The molecule has 2 aromatic rings. The first-order chi connectivity index (χ1) is 12.8. The Kier molecular flexibility index (Phi) is 5.29. The highest BCUT2D eigenvalue weighted by molar-refractivity contribution is 5.94. The van der Waals surface area contributed by atoms with Gasteiger partial charge in [-0.2, -0.15) is 5.10 Å². The molecule has 0 aliphatic carbocycles. The number of ether oxygens (including phenoxy) is 1. The average Bonchev–Trinajstić information content (AvgIpc) is 3.11. The number of carbonyl (C=O) groups is 1. The monoisotopic (exact) mass is 355 g/mol. The molecule has 4 rings (SSSR count). The Morgan fingerprint density at radius 1 is 1.27 bits per heavy atom. The highest BCUT2D eigenvalue weighted by Crippen LogP contribution is 2.15. The van der Waals surface area contributed by atoms with Gasteiger partial charge in [-0.3, -0.25) is 14.8 Å². The van der Waals surface area contributed by atoms with Crippen molar-refractivity contribution in [1.82, 2.24) is 25.7 Å². The van der Waals surface area contributed by atoms with Crippen molar-refractivity contribution in [3.05, 3.63) is 52.3 Å². The molecule has 2 aliphatic heterocycles. The molecule has 1 saturated heterocycles. The van der Waals surface area contributed by atoms with Gasteiger partial charge in [-0.25, -0.2) is 0 Å². The maximum absolute atomic E-state index is 12.5. The predicted octanol–water partition coefficient (Wildman–Crippen LogP) is 0.818. The third kappa shape index (κ3) is 3.95. The molecule has 7 nitrogen and oxygen atoms in total. The van der Waals surface area contributed by atoms with Crippen molar-refractivity contribution in [2.75, 3.05) is 32.8 Å². The lowest BCUT2D eigenvalue weighted by atomic mass is 10.1. The molecule has 0 radical (unpaired) electrons. The molecule has 1 aromatic heterocycles. The van der Waals surface area contributed by atoms with Crippen molar-refractivity contribution in [2.24, 2.45) is 0 Å². The fourth-order valence-corrected chi connectivity index (χ4v) is 3.53. The van der Waals surface area contributed by atoms with Crippen LogP contribution >= 0.6 is 0 Å². The number of hydrogen-bond acceptors (Lipinski definition) is 5. The summed E-state index contributed by atoms with van der Waals surface area (Å²) >= 11 is 0. The molecule has 138 valence electrons. The summed E-state index contributed by atoms with van der Waals surface area (Å²) in [5, 5.41) is 13.5. The van der Waals surface area contributed by atoms with E-state index in [9.17, 15) is 4.79 Å². The number of aromatic amines is 1. The average molecular weight is 355 g/mol. The first kappa shape index (κ1) is 17.2. The van der Waals surface area contributed by atoms with E-state index in [0.717, 1.165) is 62.6 Å². The summed E-state index contributed by atoms with van der Waals surface area (Å²) in [6.45, 7) is 6.60. The highest BCUT2D eigenvalue weighted by atomic mass is 16.5. The summed E-state index contributed by atoms with van der Waals surface area (Å²) in [5.74, 6) is -0.121. The first-order valence-corrected chi connectivity index (χ1v) is 9.22. The van der Waals surface area contributed by atoms with Crippen LogP contribution in [0.1, 0.15) is 32.9 Å². The van der Waals surface area contributed by atoms with E-state index in [1.807, 2.05) is 6.07 Å². The number of nitrogens with zero attached hydrogens (tertiary/aromatic N) is 2. The lowest BCUT2D eigenvalue weighted by Gasteiger charge is -2.26. The quantitative estimate of drug-likeness (QED) is 0.740. The topological polar surface area (TPSA) is 82.3 Å². The van der Waals surface area contributed by atoms with Crippen molar-refractivity contribution in [2.45, 2.75) is 26.1 Å². The molecule has 3 heterocycles. The summed E-state index contributed by atoms with van der Waals surface area (Å²) in [6.07, 6.45) is 0.888. The third-order valence-electron chi connectivity index (χ3n) is 4.98. The van der Waals surface area contributed by atoms with Gasteiger partial charge in [0.15, 0.2) is 5.69 Å². The minimum atomic E-state index is -0.121. The van der Waals surface area contributed by atoms with Gasteiger partial charge < -0.3 is 15.4 Å². The van der Waals surface area contributed by atoms with Crippen LogP contribution in [0.2, 0.25) is 0 Å². The molecule has 1 amide bonds. The largest absolute Gasteiger partial charge is 0.379 e. The number of carbonyl (C=O) groups excluding carboxylic acids is 1. The Labute approximate surface area is 153 Å². The van der Waals surface area contributed by atoms with Gasteiger partial charge in [0.2, 0.25) is 0 Å². The van der Waals surface area contributed by atoms with E-state index in [2.05, 4.69) is 43.9 Å². The van der Waals surface area contributed by atoms with Crippen molar-refractivity contribution in [1.29, 1.82) is 0 Å². The molecule has 1 aromatic carbocycles. The molecule has 0 atom stereocenters. The molecule has 2 aliphatic rings. The fraction of sp³-hybridized carbons (Fsp3) is 0.474. The van der Waals surface area contributed by atoms with Gasteiger partial charge in [-0.1, -0.05) is 24.3 Å². The number of amides is 1. The van der Waals surface area contributed by atoms with Gasteiger partial charge in [-0.15, -0.1) is 0 Å². The molecule has 0 bridgehead atoms. The minimum absolute atomic E-state index is 0.121. The van der Waals surface area contributed by atoms with E-state index in [-0.39, 0.29) is 5.91 Å². The van der Waals surface area contributed by atoms with Crippen molar-refractivity contribution in [3.8, 4) is 0 Å². The summed E-state index contributed by atoms with van der Waals surface area (Å²) in [5.41, 5.74) is 4.94. The third-order valence-corrected chi connectivity index (χ3v) is 4.98. The first-order valence-electron chi connectivity index (χ1n) is 9.22. The Morgan fingerprint density at radius 2 is 2.12 bits per heavy atom. The van der Waals surface area contributed by atoms with E-state index in [1.54, 1.807) is 0 Å². The molecule has 26 heavy (non-hydrogen) atoms. The lowest BCUT2D eigenvalue weighted by Crippen LogP contribution is -2.35. The zero-order valence-electron chi connectivity index (χ0n) is 14.9. The van der Waals surface area contributed by atoms with E-state index in [0.29, 0.717) is 18.8 Å². The van der Waals surface area contributed by atoms with Crippen LogP contribution in [0.15, 0.2) is 24.3 Å². The Balaban J connectivity index is 1.36. The van der Waals surface area contributed by atoms with E-state index in [4.69, 9.17) is 4.74 Å². The van der Waals surface area contributed by atoms with Gasteiger partial charge in [0.05, 0.1) is 13.2 Å². The lowest BCUT2D eigenvalue weighted by molar-refractivity contribution is 0.0342. The van der Waals surface area contributed by atoms with Crippen LogP contribution in [-0.2, 0) is 30.8 Å². The second-order valence-electron chi connectivity index (χ2n) is 6.85. The maximum atomic E-state index is 12.5. The van der Waals surface area contributed by atoms with E-state index >= 15 is 0 Å². The SMILES string of the molecule is O=C(NCc1cccc(CN2CCOCC2)c1)c1n[nH]c2c1CNCC2. The predicted molar refractivity (Wildman–Crippen MR) is 97.7 cm³/mol. The second-order valence-corrected chi connectivity index (χ2v) is 6.85. The Hall–Kier alpha value is -2.22. The van der Waals surface area contributed by atoms with Gasteiger partial charge in [0.1, 0.15) is 0 Å². The summed E-state index contributed by atoms with van der Waals surface area (Å²) in [7, 11) is 0. The number of H-pyrrole nitrogens is 1. The molecular weight excluding hydrogens is 330 g/mol. The smallest absolute Gasteiger partial charge is 0.272 e. The van der Waals surface area contributed by atoms with E-state index < -0.39 is 0 Å². The van der Waals surface area contributed by atoms with Crippen LogP contribution in [0.4, 0.5) is 0 Å². The number of aromatic nitrogens is 2. The number of morpholine rings is 1. The maximum Gasteiger partial charge on any atom is 0.272 e. The molecule has 0 unspecified atom stereocenters. The van der Waals surface area contributed by atoms with Crippen LogP contribution in [-0.4, -0.2) is 53.9 Å². The van der Waals surface area contributed by atoms with Gasteiger partial charge in [0.25, 0.3) is 5.91 Å². The Morgan fingerprint density at radius 3 is 3.00 bits per heavy atom. The number of benzene rings is 1. The van der Waals surface area contributed by atoms with Gasteiger partial charge in [0, 0.05) is 56.9 Å². The van der Waals surface area contributed by atoms with Gasteiger partial charge in [-0.05, 0) is 11.1 Å². The molecule has 3 N–H and O–H groups in total. The number of fused-ring (bicyclic) bond motifs is 1. The summed E-state index contributed by atoms with van der Waals surface area (Å²) in [4.78, 5) is 14.9. The number of rotatable bonds is 5. The molecule has 1 fully saturated rings. The van der Waals surface area contributed by atoms with Gasteiger partial charge >= 0.3 is 0 Å². The van der Waals surface area contributed by atoms with Crippen LogP contribution in [0.5, 0.6) is 0 Å². The van der Waals surface area contributed by atoms with Crippen molar-refractivity contribution >= 4 is 5.91 Å². The van der Waals surface area contributed by atoms with Crippen LogP contribution in [0.25, 0.3) is 0 Å². The Bertz CT molecular complexity index is 767. The van der Waals surface area contributed by atoms with Crippen LogP contribution in [0, 0.1) is 0 Å². The standard InChI is InChI=1S/C19H25N5O2/c25-19(18-16-12-20-5-4-17(16)22-23-18)21-11-14-2-1-3-15(10-14)13-24-6-8-26-9-7-24/h1-3,10,20H,4-9,11-13H2,(H,21,25)(H,22,23). The number of hydrogen-bond donors (Lipinski definition) is 3. The zero-order chi connectivity index (χ0) is 17.8. The fourth-order valence-electron chi connectivity index (χ4n) is 3.53. The minimum Gasteiger partial charge on any atom is -0.379 e. The normalized spacial score (nSPS) is 17.7. The van der Waals surface area contributed by atoms with Crippen molar-refractivity contribution in [3.63, 3.8) is 0 Å². The van der Waals surface area contributed by atoms with Crippen molar-refractivity contribution < 1.29 is 9.53 Å². The zero-order valence-corrected chi connectivity index (χ0v) is 14.9. The second kappa shape index (κ2) is 7.99. The van der Waals surface area contributed by atoms with Crippen LogP contribution < -0.4 is 10.6 Å². The molecule has 0 saturated carbocycles. The highest BCUT2D eigenvalue weighted by Gasteiger charge is 2.21. The molecule has 7 heteroatoms. The summed E-state index contributed by atoms with van der Waals surface area (Å²) < 4.78 is 5.40. The molecule has 0 spiro atoms. The number of nitrogens with one attached hydrogen (secondary N) is 3.